The first-order valence-electron chi connectivity index (χ1n) is 9.83. The average Bonchev–Trinajstić information content (AvgIpc) is 2.68. The first-order chi connectivity index (χ1) is 13.5. The fourth-order valence-corrected chi connectivity index (χ4v) is 3.62. The number of nitrogens with one attached hydrogen (secondary N) is 1. The van der Waals surface area contributed by atoms with Gasteiger partial charge in [0.2, 0.25) is 0 Å². The average molecular weight is 378 g/mol. The van der Waals surface area contributed by atoms with Crippen molar-refractivity contribution in [1.82, 2.24) is 5.32 Å². The molecule has 0 radical (unpaired) electrons. The number of anilines is 1. The Morgan fingerprint density at radius 2 is 1.93 bits per heavy atom. The highest BCUT2D eigenvalue weighted by Crippen LogP contribution is 2.27. The molecule has 2 heterocycles. The van der Waals surface area contributed by atoms with Gasteiger partial charge in [-0.1, -0.05) is 0 Å². The van der Waals surface area contributed by atoms with Crippen LogP contribution in [0.5, 0.6) is 5.75 Å². The van der Waals surface area contributed by atoms with Gasteiger partial charge in [0.25, 0.3) is 0 Å². The third kappa shape index (κ3) is 3.90. The van der Waals surface area contributed by atoms with Crippen molar-refractivity contribution in [3.05, 3.63) is 58.8 Å². The molecule has 1 saturated heterocycles. The number of hydrogen-bond acceptors (Lipinski definition) is 5. The van der Waals surface area contributed by atoms with Crippen LogP contribution < -0.4 is 20.4 Å². The largest absolute Gasteiger partial charge is 0.491 e. The molecule has 1 atom stereocenters. The molecule has 1 unspecified atom stereocenters. The summed E-state index contributed by atoms with van der Waals surface area (Å²) in [5.74, 6) is 1.37. The smallest absolute Gasteiger partial charge is 0.193 e. The maximum absolute atomic E-state index is 12.8. The van der Waals surface area contributed by atoms with Crippen LogP contribution in [0, 0.1) is 0 Å². The number of ether oxygens (including phenoxy) is 1. The lowest BCUT2D eigenvalue weighted by Crippen LogP contribution is -2.49. The Morgan fingerprint density at radius 3 is 2.64 bits per heavy atom. The second-order valence-corrected chi connectivity index (χ2v) is 7.65. The first-order valence-corrected chi connectivity index (χ1v) is 9.83. The summed E-state index contributed by atoms with van der Waals surface area (Å²) in [5.41, 5.74) is 2.51. The summed E-state index contributed by atoms with van der Waals surface area (Å²) in [7, 11) is 0. The highest BCUT2D eigenvalue weighted by Gasteiger charge is 2.17. The van der Waals surface area contributed by atoms with Crippen LogP contribution in [-0.4, -0.2) is 31.8 Å². The second kappa shape index (κ2) is 7.68. The molecule has 1 aromatic heterocycles. The minimum atomic E-state index is -0.0243. The van der Waals surface area contributed by atoms with Gasteiger partial charge in [-0.3, -0.25) is 4.79 Å². The van der Waals surface area contributed by atoms with E-state index in [1.165, 1.54) is 0 Å². The molecule has 0 aliphatic carbocycles. The van der Waals surface area contributed by atoms with E-state index in [2.05, 4.69) is 17.1 Å². The summed E-state index contributed by atoms with van der Waals surface area (Å²) in [6, 6.07) is 15.5. The molecule has 5 heteroatoms. The second-order valence-electron chi connectivity index (χ2n) is 7.65. The molecule has 3 aromatic rings. The van der Waals surface area contributed by atoms with E-state index in [0.717, 1.165) is 36.6 Å². The molecular weight excluding hydrogens is 352 g/mol. The van der Waals surface area contributed by atoms with E-state index in [1.54, 1.807) is 6.07 Å². The molecule has 1 fully saturated rings. The van der Waals surface area contributed by atoms with Crippen LogP contribution >= 0.6 is 0 Å². The van der Waals surface area contributed by atoms with Crippen LogP contribution in [-0.2, 0) is 0 Å². The van der Waals surface area contributed by atoms with E-state index < -0.39 is 0 Å². The van der Waals surface area contributed by atoms with Gasteiger partial charge in [-0.15, -0.1) is 0 Å². The van der Waals surface area contributed by atoms with Gasteiger partial charge in [0.15, 0.2) is 5.43 Å². The van der Waals surface area contributed by atoms with Crippen LogP contribution in [0.2, 0.25) is 0 Å². The maximum Gasteiger partial charge on any atom is 0.193 e. The van der Waals surface area contributed by atoms with Gasteiger partial charge in [-0.05, 0) is 63.2 Å². The summed E-state index contributed by atoms with van der Waals surface area (Å²) in [6.07, 6.45) is 0.123. The molecule has 0 saturated carbocycles. The number of piperazine rings is 1. The van der Waals surface area contributed by atoms with Crippen LogP contribution in [0.3, 0.4) is 0 Å². The zero-order chi connectivity index (χ0) is 19.7. The van der Waals surface area contributed by atoms with Crippen LogP contribution in [0.4, 0.5) is 5.69 Å². The van der Waals surface area contributed by atoms with Crippen molar-refractivity contribution in [2.45, 2.75) is 32.9 Å². The predicted octanol–water partition coefficient (Wildman–Crippen LogP) is 4.05. The molecule has 5 nitrogen and oxygen atoms in total. The number of fused-ring (bicyclic) bond motifs is 1. The van der Waals surface area contributed by atoms with E-state index >= 15 is 0 Å². The van der Waals surface area contributed by atoms with Crippen molar-refractivity contribution in [3.63, 3.8) is 0 Å². The Balaban J connectivity index is 1.65. The number of hydrogen-bond donors (Lipinski definition) is 1. The monoisotopic (exact) mass is 378 g/mol. The molecule has 0 bridgehead atoms. The van der Waals surface area contributed by atoms with Gasteiger partial charge in [0, 0.05) is 43.0 Å². The Morgan fingerprint density at radius 1 is 1.14 bits per heavy atom. The summed E-state index contributed by atoms with van der Waals surface area (Å²) in [4.78, 5) is 15.1. The lowest BCUT2D eigenvalue weighted by atomic mass is 10.1. The number of rotatable bonds is 4. The van der Waals surface area contributed by atoms with Crippen LogP contribution in [0.1, 0.15) is 20.8 Å². The molecule has 1 aliphatic rings. The lowest BCUT2D eigenvalue weighted by Gasteiger charge is -2.33. The van der Waals surface area contributed by atoms with Crippen molar-refractivity contribution < 1.29 is 9.15 Å². The Labute approximate surface area is 164 Å². The quantitative estimate of drug-likeness (QED) is 0.742. The topological polar surface area (TPSA) is 54.7 Å². The minimum Gasteiger partial charge on any atom is -0.491 e. The highest BCUT2D eigenvalue weighted by atomic mass is 16.5. The Kier molecular flexibility index (Phi) is 5.09. The normalized spacial score (nSPS) is 17.3. The fourth-order valence-electron chi connectivity index (χ4n) is 3.62. The maximum atomic E-state index is 12.8. The van der Waals surface area contributed by atoms with E-state index in [1.807, 2.05) is 56.3 Å². The SMILES string of the molecule is CC1CN(c2ccc3oc(-c4ccc(OC(C)C)cc4)cc(=O)c3c2)CCN1. The molecule has 4 rings (SSSR count). The van der Waals surface area contributed by atoms with Crippen molar-refractivity contribution in [3.8, 4) is 17.1 Å². The molecule has 0 spiro atoms. The van der Waals surface area contributed by atoms with Gasteiger partial charge < -0.3 is 19.4 Å². The zero-order valence-electron chi connectivity index (χ0n) is 16.6. The van der Waals surface area contributed by atoms with Gasteiger partial charge in [0.05, 0.1) is 11.5 Å². The van der Waals surface area contributed by atoms with E-state index in [0.29, 0.717) is 22.8 Å². The summed E-state index contributed by atoms with van der Waals surface area (Å²) in [5, 5.41) is 4.06. The van der Waals surface area contributed by atoms with Crippen molar-refractivity contribution in [1.29, 1.82) is 0 Å². The fraction of sp³-hybridized carbons (Fsp3) is 0.348. The minimum absolute atomic E-state index is 0.0243. The predicted molar refractivity (Wildman–Crippen MR) is 113 cm³/mol. The molecule has 2 aromatic carbocycles. The van der Waals surface area contributed by atoms with E-state index in [9.17, 15) is 4.79 Å². The summed E-state index contributed by atoms with van der Waals surface area (Å²) < 4.78 is 11.7. The van der Waals surface area contributed by atoms with Gasteiger partial charge in [0.1, 0.15) is 17.1 Å². The zero-order valence-corrected chi connectivity index (χ0v) is 16.6. The Hall–Kier alpha value is -2.79. The molecule has 28 heavy (non-hydrogen) atoms. The van der Waals surface area contributed by atoms with Gasteiger partial charge >= 0.3 is 0 Å². The van der Waals surface area contributed by atoms with Gasteiger partial charge in [-0.25, -0.2) is 0 Å². The van der Waals surface area contributed by atoms with Crippen LogP contribution in [0.15, 0.2) is 57.7 Å². The van der Waals surface area contributed by atoms with E-state index in [-0.39, 0.29) is 11.5 Å². The van der Waals surface area contributed by atoms with Crippen molar-refractivity contribution >= 4 is 16.7 Å². The number of benzene rings is 2. The molecular formula is C23H26N2O3. The lowest BCUT2D eigenvalue weighted by molar-refractivity contribution is 0.242. The summed E-state index contributed by atoms with van der Waals surface area (Å²) in [6.45, 7) is 8.97. The third-order valence-corrected chi connectivity index (χ3v) is 4.96. The number of nitrogens with zero attached hydrogens (tertiary/aromatic N) is 1. The molecule has 1 N–H and O–H groups in total. The third-order valence-electron chi connectivity index (χ3n) is 4.96. The first kappa shape index (κ1) is 18.6. The molecule has 1 aliphatic heterocycles. The van der Waals surface area contributed by atoms with Gasteiger partial charge in [-0.2, -0.15) is 0 Å². The Bertz CT molecular complexity index is 1020. The molecule has 146 valence electrons. The van der Waals surface area contributed by atoms with Crippen molar-refractivity contribution in [2.75, 3.05) is 24.5 Å². The van der Waals surface area contributed by atoms with Crippen molar-refractivity contribution in [2.24, 2.45) is 0 Å². The van der Waals surface area contributed by atoms with Crippen LogP contribution in [0.25, 0.3) is 22.3 Å². The molecule has 0 amide bonds. The standard InChI is InChI=1S/C23H26N2O3/c1-15(2)27-19-7-4-17(5-8-19)23-13-21(26)20-12-18(6-9-22(20)28-23)25-11-10-24-16(3)14-25/h4-9,12-13,15-16,24H,10-11,14H2,1-3H3. The highest BCUT2D eigenvalue weighted by molar-refractivity contribution is 5.82. The van der Waals surface area contributed by atoms with E-state index in [4.69, 9.17) is 9.15 Å². The summed E-state index contributed by atoms with van der Waals surface area (Å²) >= 11 is 0.